The Morgan fingerprint density at radius 2 is 2.33 bits per heavy atom. The summed E-state index contributed by atoms with van der Waals surface area (Å²) in [4.78, 5) is 4.33. The van der Waals surface area contributed by atoms with Crippen LogP contribution in [0, 0.1) is 18.3 Å². The van der Waals surface area contributed by atoms with Crippen molar-refractivity contribution in [2.75, 3.05) is 7.11 Å². The van der Waals surface area contributed by atoms with Gasteiger partial charge in [0.25, 0.3) is 0 Å². The minimum Gasteiger partial charge on any atom is -0.493 e. The van der Waals surface area contributed by atoms with Gasteiger partial charge in [0.05, 0.1) is 12.7 Å². The first kappa shape index (κ1) is 13.4. The number of allylic oxidation sites excluding steroid dienone is 1. The molecule has 1 aromatic carbocycles. The van der Waals surface area contributed by atoms with Gasteiger partial charge in [-0.3, -0.25) is 0 Å². The van der Waals surface area contributed by atoms with Crippen molar-refractivity contribution in [2.24, 2.45) is 0 Å². The maximum Gasteiger partial charge on any atom is 0.176 e. The van der Waals surface area contributed by atoms with Crippen molar-refractivity contribution in [1.82, 2.24) is 4.98 Å². The first-order valence-electron chi connectivity index (χ1n) is 6.32. The number of aromatic nitrogens is 1. The number of benzene rings is 1. The normalized spacial score (nSPS) is 11.6. The molecular formula is C16H12N2O2S. The average Bonchev–Trinajstić information content (AvgIpc) is 3.09. The summed E-state index contributed by atoms with van der Waals surface area (Å²) in [7, 11) is 1.60. The number of ether oxygens (including phenoxy) is 1. The number of thiazole rings is 1. The van der Waals surface area contributed by atoms with Crippen LogP contribution in [-0.4, -0.2) is 12.1 Å². The van der Waals surface area contributed by atoms with Gasteiger partial charge in [0.15, 0.2) is 11.3 Å². The van der Waals surface area contributed by atoms with Gasteiger partial charge < -0.3 is 9.15 Å². The van der Waals surface area contributed by atoms with E-state index < -0.39 is 0 Å². The Bertz CT molecular complexity index is 868. The minimum atomic E-state index is 0.492. The minimum absolute atomic E-state index is 0.492. The van der Waals surface area contributed by atoms with Gasteiger partial charge in [-0.15, -0.1) is 11.3 Å². The second-order valence-corrected chi connectivity index (χ2v) is 5.35. The predicted molar refractivity (Wildman–Crippen MR) is 83.1 cm³/mol. The van der Waals surface area contributed by atoms with E-state index in [-0.39, 0.29) is 0 Å². The monoisotopic (exact) mass is 296 g/mol. The van der Waals surface area contributed by atoms with Crippen LogP contribution >= 0.6 is 11.3 Å². The fourth-order valence-corrected chi connectivity index (χ4v) is 2.81. The molecule has 0 bridgehead atoms. The smallest absolute Gasteiger partial charge is 0.176 e. The lowest BCUT2D eigenvalue weighted by molar-refractivity contribution is 0.410. The van der Waals surface area contributed by atoms with Gasteiger partial charge in [-0.05, 0) is 19.1 Å². The van der Waals surface area contributed by atoms with Crippen LogP contribution in [0.4, 0.5) is 0 Å². The molecule has 0 amide bonds. The summed E-state index contributed by atoms with van der Waals surface area (Å²) in [6.45, 7) is 1.90. The zero-order chi connectivity index (χ0) is 14.8. The molecule has 5 heteroatoms. The van der Waals surface area contributed by atoms with E-state index in [4.69, 9.17) is 9.15 Å². The molecule has 3 rings (SSSR count). The van der Waals surface area contributed by atoms with Crippen LogP contribution in [0.25, 0.3) is 22.6 Å². The van der Waals surface area contributed by atoms with Crippen LogP contribution in [0.15, 0.2) is 34.1 Å². The maximum absolute atomic E-state index is 9.31. The lowest BCUT2D eigenvalue weighted by atomic mass is 10.2. The Morgan fingerprint density at radius 1 is 1.48 bits per heavy atom. The molecule has 0 unspecified atom stereocenters. The van der Waals surface area contributed by atoms with E-state index >= 15 is 0 Å². The number of furan rings is 1. The van der Waals surface area contributed by atoms with Gasteiger partial charge in [-0.25, -0.2) is 4.98 Å². The molecule has 0 aliphatic heterocycles. The third kappa shape index (κ3) is 2.54. The van der Waals surface area contributed by atoms with Gasteiger partial charge in [0.2, 0.25) is 0 Å². The van der Waals surface area contributed by atoms with Crippen molar-refractivity contribution in [3.63, 3.8) is 0 Å². The highest BCUT2D eigenvalue weighted by molar-refractivity contribution is 7.11. The largest absolute Gasteiger partial charge is 0.493 e. The lowest BCUT2D eigenvalue weighted by Gasteiger charge is -1.98. The number of fused-ring (bicyclic) bond motifs is 1. The first-order chi connectivity index (χ1) is 10.2. The van der Waals surface area contributed by atoms with Crippen LogP contribution in [-0.2, 0) is 0 Å². The molecule has 0 N–H and O–H groups in total. The Kier molecular flexibility index (Phi) is 3.46. The van der Waals surface area contributed by atoms with Crippen LogP contribution in [0.5, 0.6) is 5.75 Å². The van der Waals surface area contributed by atoms with Crippen molar-refractivity contribution in [2.45, 2.75) is 6.92 Å². The summed E-state index contributed by atoms with van der Waals surface area (Å²) in [6.07, 6.45) is 1.71. The van der Waals surface area contributed by atoms with E-state index in [1.807, 2.05) is 36.6 Å². The molecule has 0 fully saturated rings. The molecule has 0 aliphatic carbocycles. The maximum atomic E-state index is 9.31. The summed E-state index contributed by atoms with van der Waals surface area (Å²) in [5.74, 6) is 1.29. The Balaban J connectivity index is 2.08. The molecule has 0 saturated carbocycles. The van der Waals surface area contributed by atoms with Crippen molar-refractivity contribution < 1.29 is 9.15 Å². The van der Waals surface area contributed by atoms with Crippen molar-refractivity contribution in [3.05, 3.63) is 46.1 Å². The molecule has 4 nitrogen and oxygen atoms in total. The third-order valence-corrected chi connectivity index (χ3v) is 4.00. The van der Waals surface area contributed by atoms with Gasteiger partial charge >= 0.3 is 0 Å². The van der Waals surface area contributed by atoms with Crippen molar-refractivity contribution >= 4 is 34.0 Å². The molecular weight excluding hydrogens is 284 g/mol. The molecule has 0 aliphatic rings. The number of nitriles is 1. The van der Waals surface area contributed by atoms with Crippen LogP contribution in [0.2, 0.25) is 0 Å². The highest BCUT2D eigenvalue weighted by Gasteiger charge is 2.10. The summed E-state index contributed by atoms with van der Waals surface area (Å²) in [5, 5.41) is 12.9. The number of para-hydroxylation sites is 1. The molecule has 2 heterocycles. The Labute approximate surface area is 125 Å². The summed E-state index contributed by atoms with van der Waals surface area (Å²) >= 11 is 1.45. The summed E-state index contributed by atoms with van der Waals surface area (Å²) < 4.78 is 11.0. The number of rotatable bonds is 3. The number of methoxy groups -OCH3 is 1. The second kappa shape index (κ2) is 5.43. The van der Waals surface area contributed by atoms with Crippen LogP contribution in [0.1, 0.15) is 16.5 Å². The lowest BCUT2D eigenvalue weighted by Crippen LogP contribution is -1.81. The highest BCUT2D eigenvalue weighted by atomic mass is 32.1. The molecule has 104 valence electrons. The van der Waals surface area contributed by atoms with E-state index in [2.05, 4.69) is 11.1 Å². The second-order valence-electron chi connectivity index (χ2n) is 4.49. The summed E-state index contributed by atoms with van der Waals surface area (Å²) in [6, 6.07) is 9.74. The van der Waals surface area contributed by atoms with Crippen LogP contribution < -0.4 is 4.74 Å². The topological polar surface area (TPSA) is 59.0 Å². The van der Waals surface area contributed by atoms with Gasteiger partial charge in [-0.2, -0.15) is 5.26 Å². The SMILES string of the molecule is COc1cccc2cc(C=C(C#N)c3nc(C)cs3)oc12. The van der Waals surface area contributed by atoms with E-state index in [1.165, 1.54) is 11.3 Å². The van der Waals surface area contributed by atoms with Crippen molar-refractivity contribution in [1.29, 1.82) is 5.26 Å². The fraction of sp³-hybridized carbons (Fsp3) is 0.125. The van der Waals surface area contributed by atoms with Crippen LogP contribution in [0.3, 0.4) is 0 Å². The average molecular weight is 296 g/mol. The molecule has 0 saturated heterocycles. The first-order valence-corrected chi connectivity index (χ1v) is 7.20. The molecule has 21 heavy (non-hydrogen) atoms. The van der Waals surface area contributed by atoms with Gasteiger partial charge in [0.1, 0.15) is 16.8 Å². The highest BCUT2D eigenvalue weighted by Crippen LogP contribution is 2.30. The number of aryl methyl sites for hydroxylation is 1. The molecule has 0 atom stereocenters. The van der Waals surface area contributed by atoms with Gasteiger partial charge in [0, 0.05) is 22.5 Å². The molecule has 3 aromatic rings. The molecule has 0 radical (unpaired) electrons. The Hall–Kier alpha value is -2.58. The van der Waals surface area contributed by atoms with E-state index in [1.54, 1.807) is 13.2 Å². The predicted octanol–water partition coefficient (Wildman–Crippen LogP) is 4.27. The number of hydrogen-bond acceptors (Lipinski definition) is 5. The zero-order valence-corrected chi connectivity index (χ0v) is 12.4. The quantitative estimate of drug-likeness (QED) is 0.677. The zero-order valence-electron chi connectivity index (χ0n) is 11.6. The fourth-order valence-electron chi connectivity index (χ4n) is 2.05. The number of nitrogens with zero attached hydrogens (tertiary/aromatic N) is 2. The molecule has 0 spiro atoms. The van der Waals surface area contributed by atoms with E-state index in [0.29, 0.717) is 27.7 Å². The standard InChI is InChI=1S/C16H12N2O2S/c1-10-9-21-16(18-10)12(8-17)7-13-6-11-4-3-5-14(19-2)15(11)20-13/h3-7,9H,1-2H3. The van der Waals surface area contributed by atoms with Gasteiger partial charge in [-0.1, -0.05) is 12.1 Å². The molecule has 2 aromatic heterocycles. The van der Waals surface area contributed by atoms with Crippen molar-refractivity contribution in [3.8, 4) is 11.8 Å². The number of hydrogen-bond donors (Lipinski definition) is 0. The Morgan fingerprint density at radius 3 is 3.00 bits per heavy atom. The third-order valence-electron chi connectivity index (χ3n) is 3.00. The van der Waals surface area contributed by atoms with E-state index in [0.717, 1.165) is 11.1 Å². The van der Waals surface area contributed by atoms with E-state index in [9.17, 15) is 5.26 Å². The summed E-state index contributed by atoms with van der Waals surface area (Å²) in [5.41, 5.74) is 2.08.